The van der Waals surface area contributed by atoms with Crippen molar-refractivity contribution in [2.24, 2.45) is 0 Å². The predicted molar refractivity (Wildman–Crippen MR) is 162 cm³/mol. The van der Waals surface area contributed by atoms with E-state index >= 15 is 0 Å². The van der Waals surface area contributed by atoms with Crippen molar-refractivity contribution < 1.29 is 19.4 Å². The van der Waals surface area contributed by atoms with Crippen molar-refractivity contribution in [3.05, 3.63) is 110 Å². The van der Waals surface area contributed by atoms with Crippen LogP contribution in [0.4, 0.5) is 0 Å². The molecular formula is C29H20BrClN2O4S2. The Balaban J connectivity index is 1.40. The number of nitrogens with zero attached hydrogens (tertiary/aromatic N) is 2. The zero-order valence-electron chi connectivity index (χ0n) is 20.2. The van der Waals surface area contributed by atoms with Gasteiger partial charge in [-0.1, -0.05) is 100 Å². The van der Waals surface area contributed by atoms with Crippen LogP contribution in [0.1, 0.15) is 16.7 Å². The van der Waals surface area contributed by atoms with Crippen LogP contribution in [-0.4, -0.2) is 37.2 Å². The van der Waals surface area contributed by atoms with Gasteiger partial charge < -0.3 is 9.84 Å². The molecule has 196 valence electrons. The Kier molecular flexibility index (Phi) is 8.32. The van der Waals surface area contributed by atoms with Gasteiger partial charge in [-0.05, 0) is 42.0 Å². The molecule has 6 nitrogen and oxygen atoms in total. The van der Waals surface area contributed by atoms with Gasteiger partial charge in [-0.2, -0.15) is 0 Å². The summed E-state index contributed by atoms with van der Waals surface area (Å²) in [6.07, 6.45) is 1.74. The highest BCUT2D eigenvalue weighted by atomic mass is 79.9. The molecule has 1 aromatic heterocycles. The van der Waals surface area contributed by atoms with Crippen molar-refractivity contribution in [1.29, 1.82) is 0 Å². The summed E-state index contributed by atoms with van der Waals surface area (Å²) < 4.78 is 7.13. The minimum atomic E-state index is -1.13. The minimum Gasteiger partial charge on any atom is -0.489 e. The molecule has 0 radical (unpaired) electrons. The predicted octanol–water partition coefficient (Wildman–Crippen LogP) is 7.13. The highest BCUT2D eigenvalue weighted by Gasteiger charge is 2.40. The Morgan fingerprint density at radius 1 is 1.13 bits per heavy atom. The summed E-state index contributed by atoms with van der Waals surface area (Å²) in [5.74, 6) is -0.947. The summed E-state index contributed by atoms with van der Waals surface area (Å²) >= 11 is 16.5. The lowest BCUT2D eigenvalue weighted by molar-refractivity contribution is -0.145. The van der Waals surface area contributed by atoms with Crippen LogP contribution < -0.4 is 4.74 Å². The van der Waals surface area contributed by atoms with Crippen molar-refractivity contribution in [3.8, 4) is 5.75 Å². The molecule has 5 rings (SSSR count). The number of thioether (sulfide) groups is 1. The van der Waals surface area contributed by atoms with Gasteiger partial charge in [-0.3, -0.25) is 9.69 Å². The minimum absolute atomic E-state index is 0.135. The molecule has 1 fully saturated rings. The number of fused-ring (bicyclic) bond motifs is 1. The molecule has 0 spiro atoms. The van der Waals surface area contributed by atoms with Gasteiger partial charge in [0.25, 0.3) is 5.91 Å². The Labute approximate surface area is 247 Å². The van der Waals surface area contributed by atoms with Gasteiger partial charge in [-0.15, -0.1) is 0 Å². The molecule has 1 N–H and O–H groups in total. The van der Waals surface area contributed by atoms with E-state index in [4.69, 9.17) is 28.6 Å². The van der Waals surface area contributed by atoms with E-state index in [1.54, 1.807) is 6.08 Å². The largest absolute Gasteiger partial charge is 0.489 e. The van der Waals surface area contributed by atoms with E-state index in [0.717, 1.165) is 37.6 Å². The van der Waals surface area contributed by atoms with E-state index in [-0.39, 0.29) is 20.8 Å². The monoisotopic (exact) mass is 638 g/mol. The highest BCUT2D eigenvalue weighted by Crippen LogP contribution is 2.36. The third-order valence-corrected chi connectivity index (χ3v) is 8.50. The number of benzene rings is 3. The molecule has 0 aliphatic carbocycles. The van der Waals surface area contributed by atoms with Crippen molar-refractivity contribution in [2.45, 2.75) is 19.1 Å². The van der Waals surface area contributed by atoms with Crippen LogP contribution in [-0.2, 0) is 22.6 Å². The molecule has 4 aromatic rings. The molecule has 0 unspecified atom stereocenters. The van der Waals surface area contributed by atoms with Gasteiger partial charge in [0.1, 0.15) is 27.9 Å². The smallest absolute Gasteiger partial charge is 0.327 e. The SMILES string of the molecule is O=C(O)[C@H](Cc1ccccc1)N1C(=O)/C(=C/c2cc3cc(OCc4ccccc4Br)ccc3nc2Cl)SC1=S. The van der Waals surface area contributed by atoms with E-state index in [0.29, 0.717) is 23.4 Å². The zero-order chi connectivity index (χ0) is 27.5. The Hall–Kier alpha value is -3.24. The van der Waals surface area contributed by atoms with Crippen LogP contribution in [0.25, 0.3) is 17.0 Å². The summed E-state index contributed by atoms with van der Waals surface area (Å²) in [4.78, 5) is 31.4. The van der Waals surface area contributed by atoms with Crippen LogP contribution in [0, 0.1) is 0 Å². The topological polar surface area (TPSA) is 79.7 Å². The van der Waals surface area contributed by atoms with Gasteiger partial charge in [0.05, 0.1) is 10.4 Å². The number of carbonyl (C=O) groups is 2. The van der Waals surface area contributed by atoms with Crippen molar-refractivity contribution >= 4 is 84.7 Å². The normalized spacial score (nSPS) is 15.2. The number of ether oxygens (including phenoxy) is 1. The fourth-order valence-corrected chi connectivity index (χ4v) is 6.08. The lowest BCUT2D eigenvalue weighted by atomic mass is 10.0. The average Bonchev–Trinajstić information content (AvgIpc) is 3.19. The summed E-state index contributed by atoms with van der Waals surface area (Å²) in [7, 11) is 0. The van der Waals surface area contributed by atoms with Gasteiger partial charge in [0.2, 0.25) is 0 Å². The molecule has 1 saturated heterocycles. The fourth-order valence-electron chi connectivity index (χ4n) is 4.13. The van der Waals surface area contributed by atoms with Crippen LogP contribution in [0.15, 0.2) is 88.2 Å². The number of aliphatic carboxylic acids is 1. The molecule has 3 aromatic carbocycles. The number of carbonyl (C=O) groups excluding carboxylic acids is 1. The number of aromatic nitrogens is 1. The van der Waals surface area contributed by atoms with E-state index in [9.17, 15) is 14.7 Å². The first kappa shape index (κ1) is 27.3. The lowest BCUT2D eigenvalue weighted by Crippen LogP contribution is -2.45. The number of pyridine rings is 1. The zero-order valence-corrected chi connectivity index (χ0v) is 24.2. The van der Waals surface area contributed by atoms with E-state index in [1.807, 2.05) is 78.9 Å². The first-order valence-electron chi connectivity index (χ1n) is 11.8. The van der Waals surface area contributed by atoms with Crippen LogP contribution >= 0.6 is 51.5 Å². The quantitative estimate of drug-likeness (QED) is 0.125. The molecule has 1 amide bonds. The molecule has 1 atom stereocenters. The average molecular weight is 640 g/mol. The molecule has 1 aliphatic rings. The van der Waals surface area contributed by atoms with Crippen molar-refractivity contribution in [1.82, 2.24) is 9.88 Å². The van der Waals surface area contributed by atoms with Crippen LogP contribution in [0.3, 0.4) is 0 Å². The molecule has 0 saturated carbocycles. The maximum atomic E-state index is 13.3. The van der Waals surface area contributed by atoms with Crippen LogP contribution in [0.5, 0.6) is 5.75 Å². The van der Waals surface area contributed by atoms with Crippen molar-refractivity contribution in [3.63, 3.8) is 0 Å². The molecule has 1 aliphatic heterocycles. The highest BCUT2D eigenvalue weighted by molar-refractivity contribution is 9.10. The second-order valence-corrected chi connectivity index (χ2v) is 11.6. The first-order chi connectivity index (χ1) is 18.8. The number of hydrogen-bond donors (Lipinski definition) is 1. The van der Waals surface area contributed by atoms with Gasteiger partial charge >= 0.3 is 5.97 Å². The number of thiocarbonyl (C=S) groups is 1. The summed E-state index contributed by atoms with van der Waals surface area (Å²) in [6, 6.07) is 23.2. The molecule has 2 heterocycles. The standard InChI is InChI=1S/C29H20BrClN2O4S2/c30-22-9-5-4-8-18(22)16-37-21-10-11-23-19(14-21)13-20(26(31)32-23)15-25-27(34)33(29(38)39-25)24(28(35)36)12-17-6-2-1-3-7-17/h1-11,13-15,24H,12,16H2,(H,35,36)/b25-15-/t24-/m0/s1. The maximum Gasteiger partial charge on any atom is 0.327 e. The summed E-state index contributed by atoms with van der Waals surface area (Å²) in [5.41, 5.74) is 3.00. The first-order valence-corrected chi connectivity index (χ1v) is 14.2. The molecule has 0 bridgehead atoms. The van der Waals surface area contributed by atoms with Gasteiger partial charge in [0, 0.05) is 27.4 Å². The summed E-state index contributed by atoms with van der Waals surface area (Å²) in [5, 5.41) is 10.9. The molecule has 10 heteroatoms. The van der Waals surface area contributed by atoms with Gasteiger partial charge in [0.15, 0.2) is 0 Å². The maximum absolute atomic E-state index is 13.3. The Bertz CT molecular complexity index is 1630. The number of rotatable bonds is 8. The Morgan fingerprint density at radius 2 is 1.87 bits per heavy atom. The van der Waals surface area contributed by atoms with Crippen LogP contribution in [0.2, 0.25) is 5.15 Å². The third kappa shape index (κ3) is 6.17. The van der Waals surface area contributed by atoms with E-state index in [2.05, 4.69) is 20.9 Å². The molecule has 39 heavy (non-hydrogen) atoms. The van der Waals surface area contributed by atoms with Crippen molar-refractivity contribution in [2.75, 3.05) is 0 Å². The Morgan fingerprint density at radius 3 is 2.62 bits per heavy atom. The third-order valence-electron chi connectivity index (χ3n) is 6.10. The second kappa shape index (κ2) is 11.9. The van der Waals surface area contributed by atoms with Gasteiger partial charge in [-0.25, -0.2) is 9.78 Å². The number of carboxylic acid groups (broad SMARTS) is 1. The lowest BCUT2D eigenvalue weighted by Gasteiger charge is -2.23. The second-order valence-electron chi connectivity index (χ2n) is 8.70. The van der Waals surface area contributed by atoms with E-state index in [1.165, 1.54) is 0 Å². The number of amides is 1. The number of halogens is 2. The number of carboxylic acids is 1. The fraction of sp³-hybridized carbons (Fsp3) is 0.103. The number of hydrogen-bond acceptors (Lipinski definition) is 6. The molecular weight excluding hydrogens is 620 g/mol. The summed E-state index contributed by atoms with van der Waals surface area (Å²) in [6.45, 7) is 0.386. The van der Waals surface area contributed by atoms with E-state index < -0.39 is 17.9 Å².